The minimum atomic E-state index is -3.48. The molecule has 0 aliphatic carbocycles. The predicted octanol–water partition coefficient (Wildman–Crippen LogP) is 3.21. The fourth-order valence-corrected chi connectivity index (χ4v) is 6.11. The van der Waals surface area contributed by atoms with E-state index in [0.29, 0.717) is 65.6 Å². The number of carbonyl (C=O) groups excluding carboxylic acids is 1. The van der Waals surface area contributed by atoms with Gasteiger partial charge in [-0.2, -0.15) is 4.31 Å². The Labute approximate surface area is 172 Å². The van der Waals surface area contributed by atoms with Crippen molar-refractivity contribution in [3.8, 4) is 11.5 Å². The molecule has 0 spiro atoms. The lowest BCUT2D eigenvalue weighted by molar-refractivity contribution is -0.120. The van der Waals surface area contributed by atoms with Crippen LogP contribution in [0.15, 0.2) is 33.9 Å². The molecule has 1 aromatic heterocycles. The number of rotatable bonds is 4. The molecule has 3 heterocycles. The number of thiophene rings is 1. The van der Waals surface area contributed by atoms with Crippen molar-refractivity contribution in [1.82, 2.24) is 4.31 Å². The first-order valence-electron chi connectivity index (χ1n) is 8.89. The summed E-state index contributed by atoms with van der Waals surface area (Å²) in [6, 6.07) is 6.60. The predicted molar refractivity (Wildman–Crippen MR) is 107 cm³/mol. The summed E-state index contributed by atoms with van der Waals surface area (Å²) in [6.07, 6.45) is 0.914. The Balaban J connectivity index is 1.40. The summed E-state index contributed by atoms with van der Waals surface area (Å²) in [5.41, 5.74) is 0.463. The third-order valence-corrected chi connectivity index (χ3v) is 8.39. The number of ether oxygens (including phenoxy) is 2. The maximum absolute atomic E-state index is 12.7. The first-order chi connectivity index (χ1) is 13.4. The van der Waals surface area contributed by atoms with E-state index in [1.54, 1.807) is 29.6 Å². The average Bonchev–Trinajstić information content (AvgIpc) is 3.24. The number of hydrogen-bond acceptors (Lipinski definition) is 6. The topological polar surface area (TPSA) is 84.9 Å². The maximum atomic E-state index is 12.7. The van der Waals surface area contributed by atoms with Gasteiger partial charge < -0.3 is 14.8 Å². The molecule has 0 bridgehead atoms. The zero-order chi connectivity index (χ0) is 19.7. The van der Waals surface area contributed by atoms with E-state index in [-0.39, 0.29) is 11.8 Å². The van der Waals surface area contributed by atoms with Gasteiger partial charge in [0.2, 0.25) is 5.91 Å². The molecule has 150 valence electrons. The van der Waals surface area contributed by atoms with Gasteiger partial charge in [0.15, 0.2) is 11.5 Å². The molecule has 0 saturated carbocycles. The Hall–Kier alpha value is -1.81. The number of anilines is 1. The van der Waals surface area contributed by atoms with Crippen molar-refractivity contribution < 1.29 is 22.7 Å². The summed E-state index contributed by atoms with van der Waals surface area (Å²) in [4.78, 5) is 12.7. The SMILES string of the molecule is O=C(Nc1cc2c(cc1Cl)OCCO2)C1CCN(S(=O)(=O)c2cccs2)CC1. The quantitative estimate of drug-likeness (QED) is 0.785. The van der Waals surface area contributed by atoms with E-state index < -0.39 is 10.0 Å². The van der Waals surface area contributed by atoms with Crippen LogP contribution in [0.1, 0.15) is 12.8 Å². The molecule has 4 rings (SSSR count). The van der Waals surface area contributed by atoms with Crippen LogP contribution in [0.25, 0.3) is 0 Å². The van der Waals surface area contributed by atoms with Crippen molar-refractivity contribution in [3.63, 3.8) is 0 Å². The molecule has 2 aliphatic heterocycles. The smallest absolute Gasteiger partial charge is 0.252 e. The van der Waals surface area contributed by atoms with Gasteiger partial charge >= 0.3 is 0 Å². The van der Waals surface area contributed by atoms with Crippen molar-refractivity contribution >= 4 is 44.6 Å². The zero-order valence-corrected chi connectivity index (χ0v) is 17.3. The number of hydrogen-bond donors (Lipinski definition) is 1. The number of benzene rings is 1. The van der Waals surface area contributed by atoms with Crippen LogP contribution in [-0.2, 0) is 14.8 Å². The first-order valence-corrected chi connectivity index (χ1v) is 11.6. The van der Waals surface area contributed by atoms with E-state index in [2.05, 4.69) is 5.32 Å². The Morgan fingerprint density at radius 2 is 1.86 bits per heavy atom. The lowest BCUT2D eigenvalue weighted by Crippen LogP contribution is -2.41. The third kappa shape index (κ3) is 3.84. The van der Waals surface area contributed by atoms with Gasteiger partial charge in [-0.05, 0) is 24.3 Å². The second-order valence-corrected chi connectivity index (χ2v) is 10.1. The lowest BCUT2D eigenvalue weighted by Gasteiger charge is -2.30. The van der Waals surface area contributed by atoms with Gasteiger partial charge in [-0.15, -0.1) is 11.3 Å². The van der Waals surface area contributed by atoms with Crippen LogP contribution in [-0.4, -0.2) is 44.9 Å². The number of carbonyl (C=O) groups is 1. The molecule has 2 aromatic rings. The third-order valence-electron chi connectivity index (χ3n) is 4.80. The van der Waals surface area contributed by atoms with Crippen molar-refractivity contribution in [2.75, 3.05) is 31.6 Å². The average molecular weight is 443 g/mol. The van der Waals surface area contributed by atoms with Crippen molar-refractivity contribution in [2.45, 2.75) is 17.1 Å². The lowest BCUT2D eigenvalue weighted by atomic mass is 9.97. The highest BCUT2D eigenvalue weighted by Gasteiger charge is 2.33. The fourth-order valence-electron chi connectivity index (χ4n) is 3.29. The zero-order valence-electron chi connectivity index (χ0n) is 14.9. The van der Waals surface area contributed by atoms with Crippen LogP contribution >= 0.6 is 22.9 Å². The Bertz CT molecular complexity index is 970. The molecule has 1 N–H and O–H groups in total. The van der Waals surface area contributed by atoms with E-state index in [9.17, 15) is 13.2 Å². The normalized spacial score (nSPS) is 18.0. The Kier molecular flexibility index (Phi) is 5.50. The second kappa shape index (κ2) is 7.90. The van der Waals surface area contributed by atoms with Gasteiger partial charge in [0.05, 0.1) is 10.7 Å². The fraction of sp³-hybridized carbons (Fsp3) is 0.389. The molecule has 1 aromatic carbocycles. The largest absolute Gasteiger partial charge is 0.486 e. The monoisotopic (exact) mass is 442 g/mol. The number of nitrogens with one attached hydrogen (secondary N) is 1. The molecule has 28 heavy (non-hydrogen) atoms. The van der Waals surface area contributed by atoms with E-state index >= 15 is 0 Å². The van der Waals surface area contributed by atoms with Crippen LogP contribution in [0.4, 0.5) is 5.69 Å². The van der Waals surface area contributed by atoms with Crippen LogP contribution in [0.5, 0.6) is 11.5 Å². The molecule has 1 saturated heterocycles. The molecule has 2 aliphatic rings. The minimum Gasteiger partial charge on any atom is -0.486 e. The number of sulfonamides is 1. The summed E-state index contributed by atoms with van der Waals surface area (Å²) in [5.74, 6) is 0.648. The first kappa shape index (κ1) is 19.5. The van der Waals surface area contributed by atoms with Crippen molar-refractivity contribution in [1.29, 1.82) is 0 Å². The minimum absolute atomic E-state index is 0.174. The van der Waals surface area contributed by atoms with Crippen LogP contribution < -0.4 is 14.8 Å². The summed E-state index contributed by atoms with van der Waals surface area (Å²) in [5, 5.41) is 4.95. The molecule has 0 unspecified atom stereocenters. The molecule has 0 atom stereocenters. The van der Waals surface area contributed by atoms with Crippen LogP contribution in [0.3, 0.4) is 0 Å². The van der Waals surface area contributed by atoms with Gasteiger partial charge in [-0.3, -0.25) is 4.79 Å². The number of nitrogens with zero attached hydrogens (tertiary/aromatic N) is 1. The summed E-state index contributed by atoms with van der Waals surface area (Å²) in [6.45, 7) is 1.53. The molecule has 1 fully saturated rings. The second-order valence-electron chi connectivity index (χ2n) is 6.58. The van der Waals surface area contributed by atoms with Gasteiger partial charge in [0.25, 0.3) is 10.0 Å². The molecule has 10 heteroatoms. The van der Waals surface area contributed by atoms with E-state index in [4.69, 9.17) is 21.1 Å². The number of halogens is 1. The Morgan fingerprint density at radius 3 is 2.50 bits per heavy atom. The molecule has 1 amide bonds. The number of amides is 1. The Morgan fingerprint density at radius 1 is 1.18 bits per heavy atom. The summed E-state index contributed by atoms with van der Waals surface area (Å²) < 4.78 is 38.0. The van der Waals surface area contributed by atoms with Crippen LogP contribution in [0.2, 0.25) is 5.02 Å². The van der Waals surface area contributed by atoms with Gasteiger partial charge in [-0.1, -0.05) is 17.7 Å². The molecular formula is C18H19ClN2O5S2. The van der Waals surface area contributed by atoms with E-state index in [0.717, 1.165) is 0 Å². The number of piperidine rings is 1. The summed E-state index contributed by atoms with van der Waals surface area (Å²) in [7, 11) is -3.48. The van der Waals surface area contributed by atoms with Gasteiger partial charge in [0.1, 0.15) is 17.4 Å². The molecule has 7 nitrogen and oxygen atoms in total. The van der Waals surface area contributed by atoms with Crippen LogP contribution in [0, 0.1) is 5.92 Å². The summed E-state index contributed by atoms with van der Waals surface area (Å²) >= 11 is 7.45. The standard InChI is InChI=1S/C18H19ClN2O5S2/c19-13-10-15-16(26-8-7-25-15)11-14(13)20-18(22)12-3-5-21(6-4-12)28(23,24)17-2-1-9-27-17/h1-2,9-12H,3-8H2,(H,20,22). The van der Waals surface area contributed by atoms with E-state index in [1.807, 2.05) is 0 Å². The highest BCUT2D eigenvalue weighted by atomic mass is 35.5. The molecule has 0 radical (unpaired) electrons. The highest BCUT2D eigenvalue weighted by Crippen LogP contribution is 2.38. The number of fused-ring (bicyclic) bond motifs is 1. The van der Waals surface area contributed by atoms with Gasteiger partial charge in [-0.25, -0.2) is 8.42 Å². The highest BCUT2D eigenvalue weighted by molar-refractivity contribution is 7.91. The van der Waals surface area contributed by atoms with Crippen molar-refractivity contribution in [3.05, 3.63) is 34.7 Å². The van der Waals surface area contributed by atoms with E-state index in [1.165, 1.54) is 15.6 Å². The van der Waals surface area contributed by atoms with Gasteiger partial charge in [0, 0.05) is 31.1 Å². The van der Waals surface area contributed by atoms with Crippen molar-refractivity contribution in [2.24, 2.45) is 5.92 Å². The molecular weight excluding hydrogens is 424 g/mol. The maximum Gasteiger partial charge on any atom is 0.252 e.